The van der Waals surface area contributed by atoms with E-state index in [1.807, 2.05) is 0 Å². The highest BCUT2D eigenvalue weighted by atomic mass is 19.1. The summed E-state index contributed by atoms with van der Waals surface area (Å²) in [6, 6.07) is 5.34. The number of nitro groups is 1. The summed E-state index contributed by atoms with van der Waals surface area (Å²) in [4.78, 5) is 13.6. The molecule has 0 bridgehead atoms. The fourth-order valence-electron chi connectivity index (χ4n) is 1.29. The minimum atomic E-state index is -0.658. The SMILES string of the molecule is Cn1cnc([N+](=O)[O-])c1Oc1cccc(F)c1. The van der Waals surface area contributed by atoms with Crippen LogP contribution in [-0.2, 0) is 7.05 Å². The average molecular weight is 237 g/mol. The molecule has 0 amide bonds. The molecule has 6 nitrogen and oxygen atoms in total. The summed E-state index contributed by atoms with van der Waals surface area (Å²) in [5.41, 5.74) is 0. The monoisotopic (exact) mass is 237 g/mol. The Morgan fingerprint density at radius 3 is 2.94 bits per heavy atom. The smallest absolute Gasteiger partial charge is 0.427 e. The molecule has 7 heteroatoms. The second kappa shape index (κ2) is 4.20. The van der Waals surface area contributed by atoms with Crippen molar-refractivity contribution < 1.29 is 14.1 Å². The van der Waals surface area contributed by atoms with Gasteiger partial charge in [0.05, 0.1) is 0 Å². The first-order valence-electron chi connectivity index (χ1n) is 4.67. The summed E-state index contributed by atoms with van der Waals surface area (Å²) in [5, 5.41) is 10.7. The first-order chi connectivity index (χ1) is 8.08. The molecule has 0 saturated heterocycles. The lowest BCUT2D eigenvalue weighted by Gasteiger charge is -2.04. The number of imidazole rings is 1. The van der Waals surface area contributed by atoms with Crippen LogP contribution < -0.4 is 4.74 Å². The molecular formula is C10H8FN3O3. The molecule has 17 heavy (non-hydrogen) atoms. The standard InChI is InChI=1S/C10H8FN3O3/c1-13-6-12-9(14(15)16)10(13)17-8-4-2-3-7(11)5-8/h2-6H,1H3. The van der Waals surface area contributed by atoms with E-state index in [2.05, 4.69) is 4.98 Å². The van der Waals surface area contributed by atoms with E-state index in [4.69, 9.17) is 4.74 Å². The number of nitrogens with zero attached hydrogens (tertiary/aromatic N) is 3. The van der Waals surface area contributed by atoms with E-state index >= 15 is 0 Å². The topological polar surface area (TPSA) is 70.2 Å². The van der Waals surface area contributed by atoms with Crippen LogP contribution in [0.4, 0.5) is 10.2 Å². The third kappa shape index (κ3) is 2.22. The maximum atomic E-state index is 12.9. The zero-order valence-electron chi connectivity index (χ0n) is 8.83. The van der Waals surface area contributed by atoms with Crippen molar-refractivity contribution in [1.82, 2.24) is 9.55 Å². The van der Waals surface area contributed by atoms with Crippen molar-refractivity contribution in [3.05, 3.63) is 46.5 Å². The Morgan fingerprint density at radius 1 is 1.53 bits per heavy atom. The summed E-state index contributed by atoms with van der Waals surface area (Å²) >= 11 is 0. The summed E-state index contributed by atoms with van der Waals surface area (Å²) in [6.45, 7) is 0. The number of aromatic nitrogens is 2. The Morgan fingerprint density at radius 2 is 2.29 bits per heavy atom. The molecular weight excluding hydrogens is 229 g/mol. The number of rotatable bonds is 3. The van der Waals surface area contributed by atoms with Gasteiger partial charge in [-0.15, -0.1) is 0 Å². The molecule has 0 aliphatic heterocycles. The molecule has 0 spiro atoms. The van der Waals surface area contributed by atoms with Crippen LogP contribution in [0.3, 0.4) is 0 Å². The maximum absolute atomic E-state index is 12.9. The van der Waals surface area contributed by atoms with Gasteiger partial charge in [0.15, 0.2) is 0 Å². The molecule has 88 valence electrons. The van der Waals surface area contributed by atoms with E-state index in [0.717, 1.165) is 6.07 Å². The van der Waals surface area contributed by atoms with E-state index in [-0.39, 0.29) is 11.6 Å². The van der Waals surface area contributed by atoms with Crippen LogP contribution in [0.25, 0.3) is 0 Å². The summed E-state index contributed by atoms with van der Waals surface area (Å²) in [6.07, 6.45) is 1.26. The Balaban J connectivity index is 2.36. The first-order valence-corrected chi connectivity index (χ1v) is 4.67. The van der Waals surface area contributed by atoms with Gasteiger partial charge in [0.1, 0.15) is 11.6 Å². The molecule has 0 aliphatic carbocycles. The second-order valence-corrected chi connectivity index (χ2v) is 3.30. The first kappa shape index (κ1) is 11.1. The van der Waals surface area contributed by atoms with Crippen molar-refractivity contribution in [2.24, 2.45) is 7.05 Å². The molecule has 0 N–H and O–H groups in total. The van der Waals surface area contributed by atoms with Gasteiger partial charge < -0.3 is 14.9 Å². The van der Waals surface area contributed by atoms with Gasteiger partial charge >= 0.3 is 11.7 Å². The van der Waals surface area contributed by atoms with Crippen LogP contribution in [0.15, 0.2) is 30.6 Å². The molecule has 2 aromatic rings. The van der Waals surface area contributed by atoms with Gasteiger partial charge in [0, 0.05) is 13.1 Å². The van der Waals surface area contributed by atoms with Crippen molar-refractivity contribution >= 4 is 5.82 Å². The van der Waals surface area contributed by atoms with Crippen LogP contribution in [0, 0.1) is 15.9 Å². The van der Waals surface area contributed by atoms with Gasteiger partial charge in [-0.2, -0.15) is 0 Å². The van der Waals surface area contributed by atoms with Crippen LogP contribution >= 0.6 is 0 Å². The van der Waals surface area contributed by atoms with Crippen molar-refractivity contribution in [2.75, 3.05) is 0 Å². The number of hydrogen-bond donors (Lipinski definition) is 0. The minimum Gasteiger partial charge on any atom is -0.434 e. The largest absolute Gasteiger partial charge is 0.434 e. The second-order valence-electron chi connectivity index (χ2n) is 3.30. The van der Waals surface area contributed by atoms with Gasteiger partial charge in [-0.25, -0.2) is 4.39 Å². The number of hydrogen-bond acceptors (Lipinski definition) is 4. The summed E-state index contributed by atoms with van der Waals surface area (Å²) in [7, 11) is 1.55. The Bertz CT molecular complexity index is 568. The predicted molar refractivity (Wildman–Crippen MR) is 56.3 cm³/mol. The maximum Gasteiger partial charge on any atom is 0.427 e. The molecule has 1 heterocycles. The molecule has 0 atom stereocenters. The van der Waals surface area contributed by atoms with Gasteiger partial charge in [-0.1, -0.05) is 6.07 Å². The number of halogens is 1. The molecule has 0 saturated carbocycles. The van der Waals surface area contributed by atoms with Gasteiger partial charge in [-0.3, -0.25) is 4.57 Å². The predicted octanol–water partition coefficient (Wildman–Crippen LogP) is 2.26. The van der Waals surface area contributed by atoms with Gasteiger partial charge in [0.2, 0.25) is 6.33 Å². The van der Waals surface area contributed by atoms with Crippen LogP contribution in [-0.4, -0.2) is 14.5 Å². The van der Waals surface area contributed by atoms with Crippen molar-refractivity contribution in [3.63, 3.8) is 0 Å². The zero-order valence-corrected chi connectivity index (χ0v) is 8.83. The van der Waals surface area contributed by atoms with E-state index in [1.165, 1.54) is 29.1 Å². The lowest BCUT2D eigenvalue weighted by atomic mass is 10.3. The van der Waals surface area contributed by atoms with Gasteiger partial charge in [0.25, 0.3) is 0 Å². The van der Waals surface area contributed by atoms with E-state index in [0.29, 0.717) is 0 Å². The molecule has 0 fully saturated rings. The fourth-order valence-corrected chi connectivity index (χ4v) is 1.29. The Hall–Kier alpha value is -2.44. The van der Waals surface area contributed by atoms with E-state index in [9.17, 15) is 14.5 Å². The molecule has 1 aromatic carbocycles. The number of benzene rings is 1. The quantitative estimate of drug-likeness (QED) is 0.606. The highest BCUT2D eigenvalue weighted by Crippen LogP contribution is 2.29. The summed E-state index contributed by atoms with van der Waals surface area (Å²) < 4.78 is 19.5. The third-order valence-electron chi connectivity index (χ3n) is 2.05. The summed E-state index contributed by atoms with van der Waals surface area (Å²) in [5.74, 6) is -0.749. The molecule has 0 radical (unpaired) electrons. The fraction of sp³-hybridized carbons (Fsp3) is 0.100. The van der Waals surface area contributed by atoms with Crippen molar-refractivity contribution in [2.45, 2.75) is 0 Å². The number of aryl methyl sites for hydroxylation is 1. The Kier molecular flexibility index (Phi) is 2.73. The van der Waals surface area contributed by atoms with Crippen LogP contribution in [0.1, 0.15) is 0 Å². The lowest BCUT2D eigenvalue weighted by molar-refractivity contribution is -0.390. The molecule has 1 aromatic heterocycles. The van der Waals surface area contributed by atoms with Crippen LogP contribution in [0.2, 0.25) is 0 Å². The normalized spacial score (nSPS) is 10.2. The van der Waals surface area contributed by atoms with E-state index in [1.54, 1.807) is 7.05 Å². The average Bonchev–Trinajstić information content (AvgIpc) is 2.61. The van der Waals surface area contributed by atoms with Crippen LogP contribution in [0.5, 0.6) is 11.6 Å². The van der Waals surface area contributed by atoms with Crippen molar-refractivity contribution in [1.29, 1.82) is 0 Å². The lowest BCUT2D eigenvalue weighted by Crippen LogP contribution is -1.96. The highest BCUT2D eigenvalue weighted by molar-refractivity contribution is 5.38. The number of ether oxygens (including phenoxy) is 1. The zero-order chi connectivity index (χ0) is 12.4. The Labute approximate surface area is 95.4 Å². The van der Waals surface area contributed by atoms with E-state index < -0.39 is 16.6 Å². The van der Waals surface area contributed by atoms with Gasteiger partial charge in [-0.05, 0) is 22.0 Å². The molecule has 0 unspecified atom stereocenters. The molecule has 0 aliphatic rings. The van der Waals surface area contributed by atoms with Crippen molar-refractivity contribution in [3.8, 4) is 11.6 Å². The minimum absolute atomic E-state index is 0.0411. The molecule has 2 rings (SSSR count). The third-order valence-corrected chi connectivity index (χ3v) is 2.05. The highest BCUT2D eigenvalue weighted by Gasteiger charge is 2.22.